The van der Waals surface area contributed by atoms with Crippen molar-refractivity contribution < 1.29 is 0 Å². The molecular weight excluding hydrogens is 130 g/mol. The van der Waals surface area contributed by atoms with E-state index in [1.807, 2.05) is 0 Å². The van der Waals surface area contributed by atoms with Crippen molar-refractivity contribution in [3.8, 4) is 11.8 Å². The van der Waals surface area contributed by atoms with Crippen LogP contribution < -0.4 is 5.84 Å². The van der Waals surface area contributed by atoms with Crippen LogP contribution in [0.3, 0.4) is 0 Å². The third-order valence-corrected chi connectivity index (χ3v) is 0.666. The van der Waals surface area contributed by atoms with Crippen LogP contribution in [-0.4, -0.2) is 25.1 Å². The van der Waals surface area contributed by atoms with Gasteiger partial charge in [0.15, 0.2) is 0 Å². The Hall–Kier alpha value is -1.21. The Bertz CT molecular complexity index is 180. The van der Waals surface area contributed by atoms with Crippen molar-refractivity contribution in [3.63, 3.8) is 0 Å². The van der Waals surface area contributed by atoms with Gasteiger partial charge in [-0.05, 0) is 5.53 Å². The van der Waals surface area contributed by atoms with E-state index < -0.39 is 0 Å². The highest BCUT2D eigenvalue weighted by Gasteiger charge is 1.78. The fourth-order valence-corrected chi connectivity index (χ4v) is 0.303. The van der Waals surface area contributed by atoms with Gasteiger partial charge in [-0.1, -0.05) is 17.0 Å². The zero-order valence-corrected chi connectivity index (χ0v) is 5.78. The molecule has 54 valence electrons. The Morgan fingerprint density at radius 1 is 1.70 bits per heavy atom. The maximum atomic E-state index is 7.83. The van der Waals surface area contributed by atoms with E-state index in [0.717, 1.165) is 0 Å². The maximum Gasteiger partial charge on any atom is 0.0877 e. The highest BCUT2D eigenvalue weighted by Crippen LogP contribution is 1.68. The van der Waals surface area contributed by atoms with Crippen molar-refractivity contribution in [1.29, 1.82) is 0 Å². The van der Waals surface area contributed by atoms with Crippen LogP contribution in [-0.2, 0) is 0 Å². The molecule has 0 aromatic rings. The zero-order valence-electron chi connectivity index (χ0n) is 5.78. The quantitative estimate of drug-likeness (QED) is 0.147. The Morgan fingerprint density at radius 2 is 2.40 bits per heavy atom. The summed E-state index contributed by atoms with van der Waals surface area (Å²) in [5.74, 6) is 10.6. The Morgan fingerprint density at radius 3 is 2.90 bits per heavy atom. The number of nitrogens with zero attached hydrogens (tertiary/aromatic N) is 4. The second kappa shape index (κ2) is 5.92. The summed E-state index contributed by atoms with van der Waals surface area (Å²) in [6.45, 7) is 0.700. The van der Waals surface area contributed by atoms with Gasteiger partial charge in [0.2, 0.25) is 0 Å². The van der Waals surface area contributed by atoms with Crippen LogP contribution in [0.5, 0.6) is 0 Å². The first kappa shape index (κ1) is 8.79. The number of nitrogens with two attached hydrogens (primary N) is 1. The lowest BCUT2D eigenvalue weighted by atomic mass is 10.5. The first-order valence-electron chi connectivity index (χ1n) is 2.69. The van der Waals surface area contributed by atoms with Crippen molar-refractivity contribution in [2.45, 2.75) is 0 Å². The minimum Gasteiger partial charge on any atom is -0.268 e. The van der Waals surface area contributed by atoms with Crippen LogP contribution in [0.15, 0.2) is 5.11 Å². The zero-order chi connectivity index (χ0) is 7.82. The van der Waals surface area contributed by atoms with Crippen molar-refractivity contribution in [3.05, 3.63) is 10.4 Å². The summed E-state index contributed by atoms with van der Waals surface area (Å²) in [6, 6.07) is 0. The van der Waals surface area contributed by atoms with Crippen molar-refractivity contribution in [2.24, 2.45) is 11.0 Å². The third kappa shape index (κ3) is 6.79. The number of azide groups is 1. The molecule has 0 aliphatic carbocycles. The molecule has 0 saturated heterocycles. The van der Waals surface area contributed by atoms with Gasteiger partial charge in [-0.25, -0.2) is 5.01 Å². The molecule has 5 nitrogen and oxygen atoms in total. The summed E-state index contributed by atoms with van der Waals surface area (Å²) in [6.07, 6.45) is 0. The molecule has 0 aliphatic heterocycles. The predicted molar refractivity (Wildman–Crippen MR) is 38.6 cm³/mol. The van der Waals surface area contributed by atoms with Crippen molar-refractivity contribution in [2.75, 3.05) is 20.1 Å². The molecule has 0 unspecified atom stereocenters. The number of hydrogen-bond donors (Lipinski definition) is 1. The van der Waals surface area contributed by atoms with Gasteiger partial charge in [0.1, 0.15) is 0 Å². The average molecular weight is 139 g/mol. The lowest BCUT2D eigenvalue weighted by Crippen LogP contribution is -2.25. The summed E-state index contributed by atoms with van der Waals surface area (Å²) >= 11 is 0. The standard InChI is InChI=1S/C5H9N5/c1-10(7)5-3-2-4-8-9-6/h4-5,7H2,1H3. The molecular formula is C5H9N5. The monoisotopic (exact) mass is 139 g/mol. The molecule has 0 amide bonds. The SMILES string of the molecule is CN(N)CC#CCN=[N+]=[N-]. The summed E-state index contributed by atoms with van der Waals surface area (Å²) in [5, 5.41) is 4.66. The molecule has 0 aliphatic rings. The van der Waals surface area contributed by atoms with Gasteiger partial charge in [0, 0.05) is 12.0 Å². The van der Waals surface area contributed by atoms with E-state index in [9.17, 15) is 0 Å². The molecule has 0 heterocycles. The molecule has 0 saturated carbocycles. The van der Waals surface area contributed by atoms with E-state index in [1.54, 1.807) is 7.05 Å². The topological polar surface area (TPSA) is 78.0 Å². The fourth-order valence-electron chi connectivity index (χ4n) is 0.303. The van der Waals surface area contributed by atoms with Gasteiger partial charge >= 0.3 is 0 Å². The van der Waals surface area contributed by atoms with E-state index >= 15 is 0 Å². The molecule has 2 N–H and O–H groups in total. The number of rotatable bonds is 2. The molecule has 10 heavy (non-hydrogen) atoms. The van der Waals surface area contributed by atoms with Crippen molar-refractivity contribution in [1.82, 2.24) is 5.01 Å². The Kier molecular flexibility index (Phi) is 5.20. The first-order chi connectivity index (χ1) is 4.77. The van der Waals surface area contributed by atoms with Gasteiger partial charge in [-0.2, -0.15) is 0 Å². The fraction of sp³-hybridized carbons (Fsp3) is 0.600. The van der Waals surface area contributed by atoms with E-state index in [2.05, 4.69) is 21.9 Å². The van der Waals surface area contributed by atoms with Gasteiger partial charge in [0.25, 0.3) is 0 Å². The van der Waals surface area contributed by atoms with Gasteiger partial charge < -0.3 is 0 Å². The Balaban J connectivity index is 3.40. The van der Waals surface area contributed by atoms with Crippen LogP contribution >= 0.6 is 0 Å². The highest BCUT2D eigenvalue weighted by atomic mass is 15.4. The molecule has 0 fully saturated rings. The van der Waals surface area contributed by atoms with Crippen LogP contribution in [0, 0.1) is 11.8 Å². The normalized spacial score (nSPS) is 7.90. The lowest BCUT2D eigenvalue weighted by Gasteiger charge is -2.00. The molecule has 0 spiro atoms. The van der Waals surface area contributed by atoms with Crippen LogP contribution in [0.1, 0.15) is 0 Å². The highest BCUT2D eigenvalue weighted by molar-refractivity contribution is 5.02. The van der Waals surface area contributed by atoms with Gasteiger partial charge in [-0.3, -0.25) is 5.84 Å². The van der Waals surface area contributed by atoms with Crippen LogP contribution in [0.4, 0.5) is 0 Å². The smallest absolute Gasteiger partial charge is 0.0877 e. The molecule has 0 bridgehead atoms. The molecule has 0 aromatic carbocycles. The van der Waals surface area contributed by atoms with E-state index in [0.29, 0.717) is 6.54 Å². The number of hydrogen-bond acceptors (Lipinski definition) is 3. The van der Waals surface area contributed by atoms with E-state index in [1.165, 1.54) is 5.01 Å². The average Bonchev–Trinajstić information content (AvgIpc) is 1.87. The molecule has 0 rings (SSSR count). The summed E-state index contributed by atoms with van der Waals surface area (Å²) in [4.78, 5) is 2.53. The molecule has 0 atom stereocenters. The van der Waals surface area contributed by atoms with Crippen molar-refractivity contribution >= 4 is 0 Å². The summed E-state index contributed by atoms with van der Waals surface area (Å²) < 4.78 is 0. The van der Waals surface area contributed by atoms with Gasteiger partial charge in [-0.15, -0.1) is 0 Å². The van der Waals surface area contributed by atoms with Crippen LogP contribution in [0.25, 0.3) is 10.4 Å². The Labute approximate surface area is 59.4 Å². The minimum atomic E-state index is 0.213. The molecule has 0 aromatic heterocycles. The van der Waals surface area contributed by atoms with E-state index in [-0.39, 0.29) is 6.54 Å². The third-order valence-electron chi connectivity index (χ3n) is 0.666. The summed E-state index contributed by atoms with van der Waals surface area (Å²) in [7, 11) is 1.71. The second-order valence-corrected chi connectivity index (χ2v) is 1.66. The van der Waals surface area contributed by atoms with Gasteiger partial charge in [0.05, 0.1) is 13.1 Å². The predicted octanol–water partition coefficient (Wildman–Crippen LogP) is 0.106. The largest absolute Gasteiger partial charge is 0.268 e. The minimum absolute atomic E-state index is 0.213. The van der Waals surface area contributed by atoms with E-state index in [4.69, 9.17) is 11.4 Å². The summed E-state index contributed by atoms with van der Waals surface area (Å²) in [5.41, 5.74) is 7.83. The maximum absolute atomic E-state index is 7.83. The molecule has 5 heteroatoms. The first-order valence-corrected chi connectivity index (χ1v) is 2.69. The van der Waals surface area contributed by atoms with Crippen LogP contribution in [0.2, 0.25) is 0 Å². The number of hydrazine groups is 1. The molecule has 0 radical (unpaired) electrons. The second-order valence-electron chi connectivity index (χ2n) is 1.66. The lowest BCUT2D eigenvalue weighted by molar-refractivity contribution is 0.395.